The van der Waals surface area contributed by atoms with Gasteiger partial charge in [0.1, 0.15) is 5.82 Å². The average Bonchev–Trinajstić information content (AvgIpc) is 2.93. The van der Waals surface area contributed by atoms with E-state index >= 15 is 0 Å². The number of H-pyrrole nitrogens is 1. The number of hydrogen-bond acceptors (Lipinski definition) is 5. The third-order valence-electron chi connectivity index (χ3n) is 4.07. The van der Waals surface area contributed by atoms with Crippen molar-refractivity contribution in [1.29, 1.82) is 0 Å². The summed E-state index contributed by atoms with van der Waals surface area (Å²) in [6, 6.07) is 9.98. The molecule has 1 saturated heterocycles. The predicted octanol–water partition coefficient (Wildman–Crippen LogP) is 1.65. The standard InChI is InChI=1S/C16H21N5O2S2/c1-25(22,23)20-11-9-19(10-12-20)13-21-16(24)17-15(18-21)8-7-14-5-3-2-4-6-14/h2-8H,9-13H2,1H3,(H,17,18,24). The minimum atomic E-state index is -3.11. The predicted molar refractivity (Wildman–Crippen MR) is 101 cm³/mol. The molecule has 1 aliphatic heterocycles. The maximum absolute atomic E-state index is 11.6. The van der Waals surface area contributed by atoms with Gasteiger partial charge in [-0.05, 0) is 23.9 Å². The molecule has 0 spiro atoms. The van der Waals surface area contributed by atoms with Gasteiger partial charge in [0.05, 0.1) is 12.9 Å². The highest BCUT2D eigenvalue weighted by Crippen LogP contribution is 2.08. The van der Waals surface area contributed by atoms with Crippen LogP contribution in [0.3, 0.4) is 0 Å². The lowest BCUT2D eigenvalue weighted by atomic mass is 10.2. The fourth-order valence-corrected chi connectivity index (χ4v) is 3.72. The van der Waals surface area contributed by atoms with Gasteiger partial charge in [-0.2, -0.15) is 9.29 Å². The third-order valence-corrected chi connectivity index (χ3v) is 5.69. The van der Waals surface area contributed by atoms with Crippen LogP contribution in [0.4, 0.5) is 0 Å². The molecule has 25 heavy (non-hydrogen) atoms. The lowest BCUT2D eigenvalue weighted by Gasteiger charge is -2.32. The van der Waals surface area contributed by atoms with Crippen LogP contribution in [0.5, 0.6) is 0 Å². The Balaban J connectivity index is 1.62. The van der Waals surface area contributed by atoms with E-state index in [1.165, 1.54) is 10.6 Å². The number of sulfonamides is 1. The lowest BCUT2D eigenvalue weighted by Crippen LogP contribution is -2.48. The second kappa shape index (κ2) is 7.61. The first-order chi connectivity index (χ1) is 11.9. The van der Waals surface area contributed by atoms with Gasteiger partial charge in [-0.15, -0.1) is 0 Å². The monoisotopic (exact) mass is 379 g/mol. The van der Waals surface area contributed by atoms with E-state index in [0.717, 1.165) is 5.56 Å². The summed E-state index contributed by atoms with van der Waals surface area (Å²) in [6.07, 6.45) is 5.12. The molecule has 2 aromatic rings. The molecule has 1 fully saturated rings. The van der Waals surface area contributed by atoms with Crippen molar-refractivity contribution in [2.45, 2.75) is 6.67 Å². The van der Waals surface area contributed by atoms with Crippen LogP contribution in [0, 0.1) is 4.77 Å². The number of hydrogen-bond donors (Lipinski definition) is 1. The third kappa shape index (κ3) is 4.85. The molecular formula is C16H21N5O2S2. The highest BCUT2D eigenvalue weighted by Gasteiger charge is 2.23. The summed E-state index contributed by atoms with van der Waals surface area (Å²) in [4.78, 5) is 6.50. The minimum absolute atomic E-state index is 0.484. The quantitative estimate of drug-likeness (QED) is 0.800. The number of aromatic amines is 1. The van der Waals surface area contributed by atoms with Gasteiger partial charge in [-0.25, -0.2) is 13.1 Å². The Morgan fingerprint density at radius 1 is 1.16 bits per heavy atom. The Bertz CT molecular complexity index is 894. The molecule has 1 aromatic carbocycles. The van der Waals surface area contributed by atoms with E-state index in [-0.39, 0.29) is 0 Å². The fraction of sp³-hybridized carbons (Fsp3) is 0.375. The van der Waals surface area contributed by atoms with E-state index in [9.17, 15) is 8.42 Å². The van der Waals surface area contributed by atoms with E-state index in [4.69, 9.17) is 12.2 Å². The molecule has 0 unspecified atom stereocenters. The SMILES string of the molecule is CS(=O)(=O)N1CCN(Cn2[nH]c(C=Cc3ccccc3)nc2=S)CC1. The first-order valence-electron chi connectivity index (χ1n) is 7.99. The normalized spacial score (nSPS) is 17.3. The molecule has 134 valence electrons. The molecule has 0 atom stereocenters. The van der Waals surface area contributed by atoms with Crippen LogP contribution in [-0.4, -0.2) is 64.8 Å². The van der Waals surface area contributed by atoms with Gasteiger partial charge in [-0.1, -0.05) is 36.4 Å². The zero-order valence-electron chi connectivity index (χ0n) is 14.0. The van der Waals surface area contributed by atoms with Crippen molar-refractivity contribution in [3.8, 4) is 0 Å². The van der Waals surface area contributed by atoms with E-state index in [1.54, 1.807) is 4.68 Å². The molecule has 7 nitrogen and oxygen atoms in total. The summed E-state index contributed by atoms with van der Waals surface area (Å²) < 4.78 is 26.9. The Morgan fingerprint density at radius 2 is 1.84 bits per heavy atom. The molecule has 0 saturated carbocycles. The Hall–Kier alpha value is -1.81. The smallest absolute Gasteiger partial charge is 0.217 e. The van der Waals surface area contributed by atoms with Crippen LogP contribution >= 0.6 is 12.2 Å². The van der Waals surface area contributed by atoms with Crippen molar-refractivity contribution in [2.75, 3.05) is 32.4 Å². The van der Waals surface area contributed by atoms with Gasteiger partial charge in [0.2, 0.25) is 14.8 Å². The highest BCUT2D eigenvalue weighted by molar-refractivity contribution is 7.88. The summed E-state index contributed by atoms with van der Waals surface area (Å²) in [5, 5.41) is 3.18. The van der Waals surface area contributed by atoms with Crippen LogP contribution in [-0.2, 0) is 16.7 Å². The number of nitrogens with one attached hydrogen (secondary N) is 1. The average molecular weight is 380 g/mol. The van der Waals surface area contributed by atoms with E-state index in [2.05, 4.69) is 15.0 Å². The Morgan fingerprint density at radius 3 is 2.48 bits per heavy atom. The van der Waals surface area contributed by atoms with Crippen molar-refractivity contribution in [3.05, 3.63) is 46.5 Å². The zero-order valence-corrected chi connectivity index (χ0v) is 15.6. The minimum Gasteiger partial charge on any atom is -0.282 e. The van der Waals surface area contributed by atoms with Gasteiger partial charge in [0.25, 0.3) is 0 Å². The van der Waals surface area contributed by atoms with Crippen molar-refractivity contribution in [1.82, 2.24) is 24.0 Å². The van der Waals surface area contributed by atoms with Crippen LogP contribution in [0.25, 0.3) is 12.2 Å². The number of benzene rings is 1. The van der Waals surface area contributed by atoms with Crippen molar-refractivity contribution in [2.24, 2.45) is 0 Å². The van der Waals surface area contributed by atoms with Crippen molar-refractivity contribution < 1.29 is 8.42 Å². The molecule has 0 amide bonds. The molecule has 3 rings (SSSR count). The van der Waals surface area contributed by atoms with Crippen molar-refractivity contribution >= 4 is 34.4 Å². The summed E-state index contributed by atoms with van der Waals surface area (Å²) in [6.45, 7) is 2.91. The number of piperazine rings is 1. The molecule has 1 N–H and O–H groups in total. The first-order valence-corrected chi connectivity index (χ1v) is 10.2. The summed E-state index contributed by atoms with van der Waals surface area (Å²) >= 11 is 5.31. The highest BCUT2D eigenvalue weighted by atomic mass is 32.2. The van der Waals surface area contributed by atoms with Gasteiger partial charge in [0.15, 0.2) is 0 Å². The molecule has 0 aliphatic carbocycles. The molecule has 1 aliphatic rings. The van der Waals surface area contributed by atoms with Crippen LogP contribution < -0.4 is 0 Å². The summed E-state index contributed by atoms with van der Waals surface area (Å²) in [5.41, 5.74) is 1.09. The van der Waals surface area contributed by atoms with Crippen LogP contribution in [0.15, 0.2) is 30.3 Å². The molecule has 2 heterocycles. The van der Waals surface area contributed by atoms with Crippen LogP contribution in [0.1, 0.15) is 11.4 Å². The molecule has 1 aromatic heterocycles. The maximum atomic E-state index is 11.6. The van der Waals surface area contributed by atoms with Gasteiger partial charge in [-0.3, -0.25) is 10.00 Å². The van der Waals surface area contributed by atoms with Crippen LogP contribution in [0.2, 0.25) is 0 Å². The molecule has 9 heteroatoms. The Labute approximate surface area is 152 Å². The topological polar surface area (TPSA) is 74.2 Å². The second-order valence-electron chi connectivity index (χ2n) is 5.98. The maximum Gasteiger partial charge on any atom is 0.217 e. The van der Waals surface area contributed by atoms with Gasteiger partial charge in [0, 0.05) is 26.2 Å². The summed E-state index contributed by atoms with van der Waals surface area (Å²) in [7, 11) is -3.11. The van der Waals surface area contributed by atoms with Crippen molar-refractivity contribution in [3.63, 3.8) is 0 Å². The lowest BCUT2D eigenvalue weighted by molar-refractivity contribution is 0.145. The Kier molecular flexibility index (Phi) is 5.48. The first kappa shape index (κ1) is 18.0. The molecule has 0 bridgehead atoms. The zero-order chi connectivity index (χ0) is 17.9. The fourth-order valence-electron chi connectivity index (χ4n) is 2.69. The van der Waals surface area contributed by atoms with Gasteiger partial charge < -0.3 is 0 Å². The number of rotatable bonds is 5. The number of nitrogens with zero attached hydrogens (tertiary/aromatic N) is 4. The second-order valence-corrected chi connectivity index (χ2v) is 8.33. The number of aromatic nitrogens is 3. The van der Waals surface area contributed by atoms with Gasteiger partial charge >= 0.3 is 0 Å². The molecular weight excluding hydrogens is 358 g/mol. The van der Waals surface area contributed by atoms with E-state index in [0.29, 0.717) is 43.4 Å². The largest absolute Gasteiger partial charge is 0.282 e. The molecule has 0 radical (unpaired) electrons. The summed E-state index contributed by atoms with van der Waals surface area (Å²) in [5.74, 6) is 0.698. The van der Waals surface area contributed by atoms with E-state index < -0.39 is 10.0 Å². The van der Waals surface area contributed by atoms with E-state index in [1.807, 2.05) is 42.5 Å².